The van der Waals surface area contributed by atoms with E-state index in [2.05, 4.69) is 25.7 Å². The first-order chi connectivity index (χ1) is 12.0. The zero-order valence-electron chi connectivity index (χ0n) is 15.4. The van der Waals surface area contributed by atoms with E-state index in [1.807, 2.05) is 12.1 Å². The molecule has 0 aromatic heterocycles. The first kappa shape index (κ1) is 17.9. The van der Waals surface area contributed by atoms with Crippen molar-refractivity contribution in [3.8, 4) is 0 Å². The average molecular weight is 341 g/mol. The van der Waals surface area contributed by atoms with Gasteiger partial charge in [0.25, 0.3) is 5.91 Å². The minimum absolute atomic E-state index is 0.0340. The molecule has 3 rings (SSSR count). The first-order valence-electron chi connectivity index (χ1n) is 9.21. The number of nitrogens with one attached hydrogen (secondary N) is 1. The van der Waals surface area contributed by atoms with E-state index in [1.54, 1.807) is 7.11 Å². The Morgan fingerprint density at radius 1 is 1.16 bits per heavy atom. The average Bonchev–Trinajstić information content (AvgIpc) is 2.85. The summed E-state index contributed by atoms with van der Waals surface area (Å²) in [5, 5.41) is 4.80. The van der Waals surface area contributed by atoms with Crippen LogP contribution in [0.3, 0.4) is 0 Å². The summed E-state index contributed by atoms with van der Waals surface area (Å²) in [6, 6.07) is 3.99. The second-order valence-corrected chi connectivity index (χ2v) is 7.17. The van der Waals surface area contributed by atoms with Gasteiger partial charge in [-0.1, -0.05) is 32.6 Å². The zero-order chi connectivity index (χ0) is 18.2. The lowest BCUT2D eigenvalue weighted by molar-refractivity contribution is -0.121. The molecule has 2 aliphatic rings. The van der Waals surface area contributed by atoms with Gasteiger partial charge in [0.15, 0.2) is 5.78 Å². The van der Waals surface area contributed by atoms with E-state index in [0.29, 0.717) is 18.4 Å². The molecule has 2 fully saturated rings. The second-order valence-electron chi connectivity index (χ2n) is 7.17. The number of carbonyl (C=O) groups is 2. The number of amides is 1. The van der Waals surface area contributed by atoms with Gasteiger partial charge in [-0.2, -0.15) is 0 Å². The fraction of sp³-hybridized carbons (Fsp3) is 0.524. The molecule has 1 saturated carbocycles. The summed E-state index contributed by atoms with van der Waals surface area (Å²) in [5.74, 6) is -0.254. The van der Waals surface area contributed by atoms with Crippen molar-refractivity contribution >= 4 is 23.8 Å². The van der Waals surface area contributed by atoms with Gasteiger partial charge in [0, 0.05) is 7.11 Å². The first-order valence-corrected chi connectivity index (χ1v) is 9.21. The Morgan fingerprint density at radius 2 is 1.72 bits per heavy atom. The third kappa shape index (κ3) is 2.93. The van der Waals surface area contributed by atoms with Crippen LogP contribution in [-0.2, 0) is 27.2 Å². The van der Waals surface area contributed by atoms with E-state index in [9.17, 15) is 9.59 Å². The normalized spacial score (nSPS) is 26.4. The summed E-state index contributed by atoms with van der Waals surface area (Å²) in [6.07, 6.45) is 4.63. The van der Waals surface area contributed by atoms with Crippen LogP contribution in [-0.4, -0.2) is 30.4 Å². The van der Waals surface area contributed by atoms with Crippen molar-refractivity contribution in [1.82, 2.24) is 5.32 Å². The van der Waals surface area contributed by atoms with Crippen molar-refractivity contribution in [1.29, 1.82) is 0 Å². The number of aryl methyl sites for hydroxylation is 2. The van der Waals surface area contributed by atoms with Gasteiger partial charge < -0.3 is 10.1 Å². The summed E-state index contributed by atoms with van der Waals surface area (Å²) in [4.78, 5) is 26.1. The number of Topliss-reactive ketones (excluding diaryl/α,β-unsaturated/α-hetero) is 1. The Kier molecular flexibility index (Phi) is 4.83. The highest BCUT2D eigenvalue weighted by Gasteiger charge is 2.51. The van der Waals surface area contributed by atoms with Crippen molar-refractivity contribution in [3.63, 3.8) is 0 Å². The predicted octanol–water partition coefficient (Wildman–Crippen LogP) is 1.40. The highest BCUT2D eigenvalue weighted by Crippen LogP contribution is 2.36. The molecule has 1 N–H and O–H groups in total. The number of ketones is 1. The molecule has 1 aliphatic heterocycles. The second kappa shape index (κ2) is 6.75. The van der Waals surface area contributed by atoms with Crippen molar-refractivity contribution in [2.45, 2.75) is 64.0 Å². The van der Waals surface area contributed by atoms with Crippen LogP contribution in [0.4, 0.5) is 0 Å². The van der Waals surface area contributed by atoms with Crippen LogP contribution in [0.2, 0.25) is 0 Å². The summed E-state index contributed by atoms with van der Waals surface area (Å²) in [6.45, 7) is 8.14. The van der Waals surface area contributed by atoms with E-state index in [-0.39, 0.29) is 17.8 Å². The number of ether oxygens (including phenoxy) is 1. The Bertz CT molecular complexity index is 785. The molecule has 1 spiro atoms. The van der Waals surface area contributed by atoms with Gasteiger partial charge in [-0.3, -0.25) is 9.59 Å². The van der Waals surface area contributed by atoms with Crippen molar-refractivity contribution in [2.24, 2.45) is 0 Å². The lowest BCUT2D eigenvalue weighted by Crippen LogP contribution is -2.50. The number of hydrogen-bond donors (Lipinski definition) is 1. The zero-order valence-corrected chi connectivity index (χ0v) is 15.4. The van der Waals surface area contributed by atoms with Crippen LogP contribution in [0.5, 0.6) is 0 Å². The molecule has 25 heavy (non-hydrogen) atoms. The Balaban J connectivity index is 2.16. The van der Waals surface area contributed by atoms with Gasteiger partial charge in [0.2, 0.25) is 0 Å². The van der Waals surface area contributed by atoms with E-state index >= 15 is 0 Å². The van der Waals surface area contributed by atoms with Crippen LogP contribution >= 0.6 is 0 Å². The summed E-state index contributed by atoms with van der Waals surface area (Å²) in [5.41, 5.74) is 1.68. The third-order valence-electron chi connectivity index (χ3n) is 5.73. The molecule has 1 saturated heterocycles. The lowest BCUT2D eigenvalue weighted by atomic mass is 9.77. The lowest BCUT2D eigenvalue weighted by Gasteiger charge is -2.34. The van der Waals surface area contributed by atoms with Gasteiger partial charge in [-0.15, -0.1) is 0 Å². The Hall–Kier alpha value is -1.94. The highest BCUT2D eigenvalue weighted by atomic mass is 16.5. The van der Waals surface area contributed by atoms with E-state index in [4.69, 9.17) is 4.74 Å². The molecular formula is C21H27NO3. The van der Waals surface area contributed by atoms with E-state index in [0.717, 1.165) is 47.2 Å². The number of hydrogen-bond acceptors (Lipinski definition) is 3. The van der Waals surface area contributed by atoms with Crippen LogP contribution in [0.1, 0.15) is 50.7 Å². The molecule has 1 aliphatic carbocycles. The van der Waals surface area contributed by atoms with Crippen LogP contribution in [0.25, 0.3) is 12.2 Å². The standard InChI is InChI=1S/C21H27NO3/c1-5-14-11-13(3)12-15(6-2)17(14)18-19(23)21(22-20(18)24)9-7-16(25-4)8-10-21/h11-12,16H,3,5-10H2,1-2,4H3,(H,22,24). The van der Waals surface area contributed by atoms with Crippen molar-refractivity contribution in [2.75, 3.05) is 7.11 Å². The quantitative estimate of drug-likeness (QED) is 0.904. The van der Waals surface area contributed by atoms with Crippen molar-refractivity contribution < 1.29 is 14.3 Å². The molecule has 4 heteroatoms. The Morgan fingerprint density at radius 3 is 2.20 bits per heavy atom. The molecule has 4 nitrogen and oxygen atoms in total. The number of rotatable bonds is 3. The minimum Gasteiger partial charge on any atom is -0.381 e. The topological polar surface area (TPSA) is 55.4 Å². The van der Waals surface area contributed by atoms with Gasteiger partial charge >= 0.3 is 0 Å². The van der Waals surface area contributed by atoms with E-state index in [1.165, 1.54) is 0 Å². The fourth-order valence-electron chi connectivity index (χ4n) is 4.30. The molecule has 134 valence electrons. The van der Waals surface area contributed by atoms with E-state index < -0.39 is 5.54 Å². The molecule has 0 unspecified atom stereocenters. The molecule has 1 amide bonds. The van der Waals surface area contributed by atoms with Crippen LogP contribution < -0.4 is 15.8 Å². The maximum absolute atomic E-state index is 13.3. The monoisotopic (exact) mass is 341 g/mol. The van der Waals surface area contributed by atoms with Gasteiger partial charge in [0.05, 0.1) is 11.7 Å². The third-order valence-corrected chi connectivity index (χ3v) is 5.73. The number of methoxy groups -OCH3 is 1. The van der Waals surface area contributed by atoms with Crippen LogP contribution in [0.15, 0.2) is 12.1 Å². The maximum Gasteiger partial charge on any atom is 0.256 e. The van der Waals surface area contributed by atoms with Crippen molar-refractivity contribution in [3.05, 3.63) is 33.7 Å². The summed E-state index contributed by atoms with van der Waals surface area (Å²) < 4.78 is 5.42. The fourth-order valence-corrected chi connectivity index (χ4v) is 4.30. The minimum atomic E-state index is -0.736. The maximum atomic E-state index is 13.3. The summed E-state index contributed by atoms with van der Waals surface area (Å²) in [7, 11) is 1.71. The summed E-state index contributed by atoms with van der Waals surface area (Å²) >= 11 is 0. The molecular weight excluding hydrogens is 314 g/mol. The van der Waals surface area contributed by atoms with Gasteiger partial charge in [0.1, 0.15) is 5.54 Å². The molecule has 1 aromatic carbocycles. The molecule has 0 atom stereocenters. The molecule has 1 aromatic rings. The van der Waals surface area contributed by atoms with Gasteiger partial charge in [-0.25, -0.2) is 0 Å². The SMILES string of the molecule is C=c1cc(CC)c(=C2C(=O)NC3(CCC(OC)CC3)C2=O)c(CC)c1. The predicted molar refractivity (Wildman–Crippen MR) is 98.5 cm³/mol. The molecule has 0 bridgehead atoms. The van der Waals surface area contributed by atoms with Crippen LogP contribution in [0, 0.1) is 0 Å². The molecule has 1 heterocycles. The smallest absolute Gasteiger partial charge is 0.256 e. The number of carbonyl (C=O) groups excluding carboxylic acids is 2. The largest absolute Gasteiger partial charge is 0.381 e. The number of benzene rings is 1. The van der Waals surface area contributed by atoms with Gasteiger partial charge in [-0.05, 0) is 60.1 Å². The highest BCUT2D eigenvalue weighted by molar-refractivity contribution is 6.47. The molecule has 0 radical (unpaired) electrons. The Labute approximate surface area is 149 Å².